The summed E-state index contributed by atoms with van der Waals surface area (Å²) >= 11 is 0. The highest BCUT2D eigenvalue weighted by Crippen LogP contribution is 2.16. The molecular weight excluding hydrogens is 178 g/mol. The molecule has 0 saturated heterocycles. The molecule has 0 aromatic rings. The third kappa shape index (κ3) is 3.79. The van der Waals surface area contributed by atoms with Crippen molar-refractivity contribution in [1.29, 1.82) is 0 Å². The van der Waals surface area contributed by atoms with Crippen molar-refractivity contribution in [2.45, 2.75) is 40.2 Å². The molecule has 0 fully saturated rings. The first-order valence-electron chi connectivity index (χ1n) is 5.35. The Bertz CT molecular complexity index is 136. The Morgan fingerprint density at radius 2 is 1.46 bits per heavy atom. The Kier molecular flexibility index (Phi) is 5.18. The van der Waals surface area contributed by atoms with Crippen LogP contribution in [-0.4, -0.2) is 46.7 Å². The van der Waals surface area contributed by atoms with Crippen LogP contribution >= 0.6 is 0 Å². The van der Waals surface area contributed by atoms with Gasteiger partial charge in [-0.2, -0.15) is 0 Å². The maximum Gasteiger partial charge on any atom is 0.147 e. The highest BCUT2D eigenvalue weighted by molar-refractivity contribution is 5.98. The van der Waals surface area contributed by atoms with Gasteiger partial charge in [-0.1, -0.05) is 0 Å². The molecule has 80 valence electrons. The smallest absolute Gasteiger partial charge is 0.147 e. The van der Waals surface area contributed by atoms with E-state index in [0.29, 0.717) is 0 Å². The predicted molar refractivity (Wildman–Crippen MR) is 61.9 cm³/mol. The fourth-order valence-corrected chi connectivity index (χ4v) is 2.01. The Balaban J connectivity index is 4.41. The van der Waals surface area contributed by atoms with E-state index in [1.807, 2.05) is 0 Å². The molecule has 0 aromatic carbocycles. The van der Waals surface area contributed by atoms with Gasteiger partial charge in [-0.25, -0.2) is 0 Å². The molecule has 0 bridgehead atoms. The monoisotopic (exact) mass is 204 g/mol. The van der Waals surface area contributed by atoms with Crippen LogP contribution in [0.15, 0.2) is 0 Å². The summed E-state index contributed by atoms with van der Waals surface area (Å²) in [5, 5.41) is 0. The summed E-state index contributed by atoms with van der Waals surface area (Å²) in [6, 6.07) is 0. The summed E-state index contributed by atoms with van der Waals surface area (Å²) in [7, 11) is 0.838. The second-order valence-corrected chi connectivity index (χ2v) is 4.82. The minimum atomic E-state index is 0.0637. The normalized spacial score (nSPS) is 13.6. The number of hydrogen-bond acceptors (Lipinski definition) is 1. The van der Waals surface area contributed by atoms with Gasteiger partial charge in [0.1, 0.15) is 17.0 Å². The molecule has 0 amide bonds. The highest BCUT2D eigenvalue weighted by Gasteiger charge is 2.30. The topological polar surface area (TPSA) is 9.23 Å². The SMILES string of the molecule is CC[N+](CC)(CC)CC(C)(C)O[SiH3]. The summed E-state index contributed by atoms with van der Waals surface area (Å²) in [6.45, 7) is 16.0. The van der Waals surface area contributed by atoms with Gasteiger partial charge in [0.2, 0.25) is 0 Å². The lowest BCUT2D eigenvalue weighted by molar-refractivity contribution is -0.928. The van der Waals surface area contributed by atoms with E-state index in [1.54, 1.807) is 0 Å². The lowest BCUT2D eigenvalue weighted by Gasteiger charge is -2.41. The molecule has 0 aliphatic rings. The predicted octanol–water partition coefficient (Wildman–Crippen LogP) is 0.938. The van der Waals surface area contributed by atoms with Crippen molar-refractivity contribution < 1.29 is 8.91 Å². The number of nitrogens with zero attached hydrogens (tertiary/aromatic N) is 1. The zero-order valence-electron chi connectivity index (χ0n) is 10.2. The zero-order chi connectivity index (χ0) is 10.5. The first kappa shape index (κ1) is 13.1. The van der Waals surface area contributed by atoms with Gasteiger partial charge in [0.05, 0.1) is 25.2 Å². The second kappa shape index (κ2) is 5.13. The Labute approximate surface area is 86.4 Å². The van der Waals surface area contributed by atoms with Gasteiger partial charge in [0, 0.05) is 0 Å². The van der Waals surface area contributed by atoms with Gasteiger partial charge in [0.15, 0.2) is 0 Å². The summed E-state index contributed by atoms with van der Waals surface area (Å²) in [4.78, 5) is 0. The summed E-state index contributed by atoms with van der Waals surface area (Å²) < 4.78 is 6.80. The largest absolute Gasteiger partial charge is 0.417 e. The quantitative estimate of drug-likeness (QED) is 0.462. The van der Waals surface area contributed by atoms with E-state index < -0.39 is 0 Å². The van der Waals surface area contributed by atoms with E-state index in [4.69, 9.17) is 4.43 Å². The number of likely N-dealkylation sites (N-methyl/N-ethyl adjacent to an activating group) is 1. The Hall–Kier alpha value is 0.137. The van der Waals surface area contributed by atoms with Gasteiger partial charge in [0.25, 0.3) is 0 Å². The van der Waals surface area contributed by atoms with Crippen LogP contribution in [0.25, 0.3) is 0 Å². The van der Waals surface area contributed by atoms with Crippen LogP contribution in [-0.2, 0) is 4.43 Å². The molecule has 0 aliphatic carbocycles. The lowest BCUT2D eigenvalue weighted by atomic mass is 10.1. The highest BCUT2D eigenvalue weighted by atomic mass is 28.2. The van der Waals surface area contributed by atoms with Crippen LogP contribution in [0.1, 0.15) is 34.6 Å². The van der Waals surface area contributed by atoms with Crippen molar-refractivity contribution in [1.82, 2.24) is 0 Å². The van der Waals surface area contributed by atoms with Crippen LogP contribution in [0, 0.1) is 0 Å². The van der Waals surface area contributed by atoms with E-state index in [-0.39, 0.29) is 5.60 Å². The molecule has 0 radical (unpaired) electrons. The first-order valence-corrected chi connectivity index (χ1v) is 6.17. The first-order chi connectivity index (χ1) is 5.95. The summed E-state index contributed by atoms with van der Waals surface area (Å²) in [6.07, 6.45) is 0. The minimum Gasteiger partial charge on any atom is -0.417 e. The van der Waals surface area contributed by atoms with Crippen LogP contribution in [0.3, 0.4) is 0 Å². The van der Waals surface area contributed by atoms with Crippen molar-refractivity contribution in [2.75, 3.05) is 26.2 Å². The van der Waals surface area contributed by atoms with Gasteiger partial charge >= 0.3 is 0 Å². The molecule has 0 saturated carbocycles. The fraction of sp³-hybridized carbons (Fsp3) is 1.00. The van der Waals surface area contributed by atoms with E-state index in [2.05, 4.69) is 34.6 Å². The second-order valence-electron chi connectivity index (χ2n) is 4.41. The van der Waals surface area contributed by atoms with Crippen molar-refractivity contribution in [2.24, 2.45) is 0 Å². The van der Waals surface area contributed by atoms with Crippen LogP contribution in [0.2, 0.25) is 0 Å². The van der Waals surface area contributed by atoms with E-state index in [9.17, 15) is 0 Å². The third-order valence-electron chi connectivity index (χ3n) is 3.28. The van der Waals surface area contributed by atoms with Crippen molar-refractivity contribution in [3.63, 3.8) is 0 Å². The van der Waals surface area contributed by atoms with Crippen molar-refractivity contribution in [3.05, 3.63) is 0 Å². The van der Waals surface area contributed by atoms with E-state index in [0.717, 1.165) is 17.0 Å². The van der Waals surface area contributed by atoms with Crippen molar-refractivity contribution in [3.8, 4) is 0 Å². The van der Waals surface area contributed by atoms with Crippen LogP contribution in [0.4, 0.5) is 0 Å². The van der Waals surface area contributed by atoms with Gasteiger partial charge in [-0.15, -0.1) is 0 Å². The third-order valence-corrected chi connectivity index (χ3v) is 4.39. The summed E-state index contributed by atoms with van der Waals surface area (Å²) in [5.74, 6) is 0. The van der Waals surface area contributed by atoms with Gasteiger partial charge in [-0.05, 0) is 34.6 Å². The molecule has 0 aliphatic heterocycles. The maximum absolute atomic E-state index is 5.62. The number of hydrogen-bond donors (Lipinski definition) is 0. The van der Waals surface area contributed by atoms with E-state index in [1.165, 1.54) is 24.1 Å². The average Bonchev–Trinajstić information content (AvgIpc) is 2.14. The Morgan fingerprint density at radius 3 is 1.69 bits per heavy atom. The average molecular weight is 204 g/mol. The number of rotatable bonds is 6. The molecular formula is C10H26NOSi+. The van der Waals surface area contributed by atoms with Crippen molar-refractivity contribution >= 4 is 10.5 Å². The molecule has 0 heterocycles. The van der Waals surface area contributed by atoms with Crippen LogP contribution < -0.4 is 0 Å². The molecule has 0 atom stereocenters. The molecule has 3 heteroatoms. The molecule has 13 heavy (non-hydrogen) atoms. The zero-order valence-corrected chi connectivity index (χ0v) is 12.2. The van der Waals surface area contributed by atoms with E-state index >= 15 is 0 Å². The summed E-state index contributed by atoms with van der Waals surface area (Å²) in [5.41, 5.74) is 0.0637. The number of quaternary nitrogens is 1. The molecule has 0 unspecified atom stereocenters. The molecule has 0 N–H and O–H groups in total. The standard InChI is InChI=1S/C10H26NOSi/c1-6-11(7-2,8-3)9-10(4,5)12-13/h6-9H2,1-5,13H3/q+1. The maximum atomic E-state index is 5.62. The van der Waals surface area contributed by atoms with Gasteiger partial charge in [-0.3, -0.25) is 0 Å². The molecule has 2 nitrogen and oxygen atoms in total. The molecule has 0 rings (SSSR count). The Morgan fingerprint density at radius 1 is 1.08 bits per heavy atom. The molecule has 0 aromatic heterocycles. The minimum absolute atomic E-state index is 0.0637. The molecule has 0 spiro atoms. The van der Waals surface area contributed by atoms with Crippen LogP contribution in [0.5, 0.6) is 0 Å². The van der Waals surface area contributed by atoms with Gasteiger partial charge < -0.3 is 8.91 Å². The lowest BCUT2D eigenvalue weighted by Crippen LogP contribution is -2.55. The fourth-order valence-electron chi connectivity index (χ4n) is 1.88.